The Morgan fingerprint density at radius 1 is 0.903 bits per heavy atom. The summed E-state index contributed by atoms with van der Waals surface area (Å²) in [6.07, 6.45) is 1.91. The first kappa shape index (κ1) is 20.3. The molecule has 0 spiro atoms. The van der Waals surface area contributed by atoms with Crippen molar-refractivity contribution in [2.75, 3.05) is 7.11 Å². The fourth-order valence-electron chi connectivity index (χ4n) is 3.49. The predicted octanol–water partition coefficient (Wildman–Crippen LogP) is 6.80. The van der Waals surface area contributed by atoms with E-state index in [9.17, 15) is 5.26 Å². The van der Waals surface area contributed by atoms with Crippen LogP contribution >= 0.6 is 0 Å². The molecule has 0 bridgehead atoms. The summed E-state index contributed by atoms with van der Waals surface area (Å²) >= 11 is 0. The minimum atomic E-state index is 0.462. The molecule has 0 saturated heterocycles. The van der Waals surface area contributed by atoms with Crippen molar-refractivity contribution in [3.8, 4) is 17.6 Å². The molecule has 4 aromatic rings. The molecular formula is C28H23NO2. The van der Waals surface area contributed by atoms with Crippen LogP contribution in [0.15, 0.2) is 84.9 Å². The van der Waals surface area contributed by atoms with Crippen molar-refractivity contribution in [2.45, 2.75) is 13.5 Å². The van der Waals surface area contributed by atoms with Crippen LogP contribution in [0.2, 0.25) is 0 Å². The molecular weight excluding hydrogens is 382 g/mol. The molecule has 0 aliphatic heterocycles. The second kappa shape index (κ2) is 9.19. The maximum absolute atomic E-state index is 9.87. The minimum absolute atomic E-state index is 0.462. The summed E-state index contributed by atoms with van der Waals surface area (Å²) in [5.74, 6) is 1.51. The Labute approximate surface area is 182 Å². The fourth-order valence-corrected chi connectivity index (χ4v) is 3.49. The lowest BCUT2D eigenvalue weighted by atomic mass is 9.98. The summed E-state index contributed by atoms with van der Waals surface area (Å²) in [5.41, 5.74) is 4.62. The third-order valence-corrected chi connectivity index (χ3v) is 5.26. The molecule has 4 aromatic carbocycles. The van der Waals surface area contributed by atoms with Gasteiger partial charge in [0.1, 0.15) is 18.1 Å². The van der Waals surface area contributed by atoms with Crippen LogP contribution in [0, 0.1) is 18.3 Å². The smallest absolute Gasteiger partial charge is 0.127 e. The summed E-state index contributed by atoms with van der Waals surface area (Å²) in [4.78, 5) is 0. The third kappa shape index (κ3) is 4.60. The average molecular weight is 405 g/mol. The highest BCUT2D eigenvalue weighted by Gasteiger charge is 2.10. The number of fused-ring (bicyclic) bond motifs is 1. The number of aryl methyl sites for hydroxylation is 1. The molecule has 0 aromatic heterocycles. The van der Waals surface area contributed by atoms with Crippen molar-refractivity contribution < 1.29 is 9.47 Å². The summed E-state index contributed by atoms with van der Waals surface area (Å²) in [6.45, 7) is 2.53. The van der Waals surface area contributed by atoms with Crippen molar-refractivity contribution in [3.63, 3.8) is 0 Å². The van der Waals surface area contributed by atoms with E-state index >= 15 is 0 Å². The molecule has 0 N–H and O–H groups in total. The SMILES string of the molecule is COc1ccc(/C(C#N)=C/c2c(OCc3ccc(C)cc3)ccc3ccccc23)cc1. The first-order chi connectivity index (χ1) is 15.2. The summed E-state index contributed by atoms with van der Waals surface area (Å²) in [7, 11) is 1.63. The fraction of sp³-hybridized carbons (Fsp3) is 0.107. The van der Waals surface area contributed by atoms with Crippen LogP contribution in [0.5, 0.6) is 11.5 Å². The van der Waals surface area contributed by atoms with E-state index in [1.54, 1.807) is 7.11 Å². The minimum Gasteiger partial charge on any atom is -0.497 e. The number of nitriles is 1. The average Bonchev–Trinajstić information content (AvgIpc) is 2.82. The zero-order chi connectivity index (χ0) is 21.6. The van der Waals surface area contributed by atoms with E-state index < -0.39 is 0 Å². The van der Waals surface area contributed by atoms with Gasteiger partial charge in [0, 0.05) is 5.56 Å². The number of allylic oxidation sites excluding steroid dienone is 1. The van der Waals surface area contributed by atoms with Crippen LogP contribution in [-0.4, -0.2) is 7.11 Å². The number of rotatable bonds is 6. The topological polar surface area (TPSA) is 42.2 Å². The standard InChI is InChI=1S/C28H23NO2/c1-20-7-9-21(10-8-20)19-31-28-16-13-23-5-3-4-6-26(23)27(28)17-24(18-29)22-11-14-25(30-2)15-12-22/h3-17H,19H2,1-2H3/b24-17+. The normalized spacial score (nSPS) is 11.2. The van der Waals surface area contributed by atoms with Crippen LogP contribution in [0.4, 0.5) is 0 Å². The zero-order valence-electron chi connectivity index (χ0n) is 17.6. The van der Waals surface area contributed by atoms with Crippen LogP contribution in [0.3, 0.4) is 0 Å². The van der Waals surface area contributed by atoms with Gasteiger partial charge in [-0.2, -0.15) is 5.26 Å². The van der Waals surface area contributed by atoms with E-state index in [1.807, 2.05) is 48.5 Å². The largest absolute Gasteiger partial charge is 0.497 e. The van der Waals surface area contributed by atoms with Gasteiger partial charge in [0.15, 0.2) is 0 Å². The van der Waals surface area contributed by atoms with Crippen LogP contribution in [0.25, 0.3) is 22.4 Å². The molecule has 0 radical (unpaired) electrons. The molecule has 4 rings (SSSR count). The number of hydrogen-bond donors (Lipinski definition) is 0. The molecule has 0 fully saturated rings. The van der Waals surface area contributed by atoms with Gasteiger partial charge in [-0.1, -0.05) is 60.2 Å². The molecule has 3 heteroatoms. The highest BCUT2D eigenvalue weighted by atomic mass is 16.5. The van der Waals surface area contributed by atoms with Crippen molar-refractivity contribution in [3.05, 3.63) is 107 Å². The summed E-state index contributed by atoms with van der Waals surface area (Å²) in [5, 5.41) is 12.0. The number of methoxy groups -OCH3 is 1. The van der Waals surface area contributed by atoms with Gasteiger partial charge in [-0.05, 0) is 65.2 Å². The molecule has 0 aliphatic carbocycles. The third-order valence-electron chi connectivity index (χ3n) is 5.26. The molecule has 0 atom stereocenters. The van der Waals surface area contributed by atoms with Crippen LogP contribution in [-0.2, 0) is 6.61 Å². The molecule has 3 nitrogen and oxygen atoms in total. The van der Waals surface area contributed by atoms with Crippen LogP contribution in [0.1, 0.15) is 22.3 Å². The Morgan fingerprint density at radius 2 is 1.65 bits per heavy atom. The molecule has 0 aliphatic rings. The lowest BCUT2D eigenvalue weighted by molar-refractivity contribution is 0.306. The predicted molar refractivity (Wildman–Crippen MR) is 126 cm³/mol. The van der Waals surface area contributed by atoms with E-state index in [0.717, 1.165) is 39.0 Å². The first-order valence-electron chi connectivity index (χ1n) is 10.1. The van der Waals surface area contributed by atoms with Gasteiger partial charge >= 0.3 is 0 Å². The van der Waals surface area contributed by atoms with Gasteiger partial charge in [-0.15, -0.1) is 0 Å². The Bertz CT molecular complexity index is 1260. The van der Waals surface area contributed by atoms with E-state index in [4.69, 9.17) is 9.47 Å². The quantitative estimate of drug-likeness (QED) is 0.262. The lowest BCUT2D eigenvalue weighted by Crippen LogP contribution is -1.98. The van der Waals surface area contributed by atoms with Crippen molar-refractivity contribution in [2.24, 2.45) is 0 Å². The van der Waals surface area contributed by atoms with Gasteiger partial charge in [-0.25, -0.2) is 0 Å². The lowest BCUT2D eigenvalue weighted by Gasteiger charge is -2.13. The van der Waals surface area contributed by atoms with Crippen molar-refractivity contribution >= 4 is 22.4 Å². The number of ether oxygens (including phenoxy) is 2. The monoisotopic (exact) mass is 405 g/mol. The second-order valence-corrected chi connectivity index (χ2v) is 7.37. The molecule has 0 unspecified atom stereocenters. The second-order valence-electron chi connectivity index (χ2n) is 7.37. The maximum Gasteiger partial charge on any atom is 0.127 e. The maximum atomic E-state index is 9.87. The zero-order valence-corrected chi connectivity index (χ0v) is 17.6. The van der Waals surface area contributed by atoms with Crippen LogP contribution < -0.4 is 9.47 Å². The Hall–Kier alpha value is -4.03. The molecule has 0 saturated carbocycles. The van der Waals surface area contributed by atoms with Crippen molar-refractivity contribution in [1.29, 1.82) is 5.26 Å². The van der Waals surface area contributed by atoms with E-state index in [1.165, 1.54) is 5.56 Å². The van der Waals surface area contributed by atoms with Gasteiger partial charge in [0.25, 0.3) is 0 Å². The summed E-state index contributed by atoms with van der Waals surface area (Å²) < 4.78 is 11.5. The number of hydrogen-bond acceptors (Lipinski definition) is 3. The Kier molecular flexibility index (Phi) is 6.01. The highest BCUT2D eigenvalue weighted by molar-refractivity contribution is 6.00. The van der Waals surface area contributed by atoms with Gasteiger partial charge < -0.3 is 9.47 Å². The molecule has 0 amide bonds. The van der Waals surface area contributed by atoms with E-state index in [-0.39, 0.29) is 0 Å². The number of nitrogens with zero attached hydrogens (tertiary/aromatic N) is 1. The molecule has 0 heterocycles. The number of benzene rings is 4. The Morgan fingerprint density at radius 3 is 2.35 bits per heavy atom. The van der Waals surface area contributed by atoms with Gasteiger partial charge in [-0.3, -0.25) is 0 Å². The Balaban J connectivity index is 1.76. The van der Waals surface area contributed by atoms with E-state index in [0.29, 0.717) is 12.2 Å². The van der Waals surface area contributed by atoms with E-state index in [2.05, 4.69) is 55.5 Å². The van der Waals surface area contributed by atoms with Gasteiger partial charge in [0.2, 0.25) is 0 Å². The molecule has 152 valence electrons. The molecule has 31 heavy (non-hydrogen) atoms. The first-order valence-corrected chi connectivity index (χ1v) is 10.1. The summed E-state index contributed by atoms with van der Waals surface area (Å²) in [6, 6.07) is 30.3. The highest BCUT2D eigenvalue weighted by Crippen LogP contribution is 2.32. The van der Waals surface area contributed by atoms with Crippen molar-refractivity contribution in [1.82, 2.24) is 0 Å². The van der Waals surface area contributed by atoms with Gasteiger partial charge in [0.05, 0.1) is 18.8 Å².